The molecule has 0 bridgehead atoms. The first kappa shape index (κ1) is 24.8. The van der Waals surface area contributed by atoms with E-state index in [1.807, 2.05) is 70.9 Å². The molecule has 4 aromatic rings. The first-order valence-electron chi connectivity index (χ1n) is 12.4. The second-order valence-electron chi connectivity index (χ2n) is 9.04. The first-order chi connectivity index (χ1) is 18.1. The maximum Gasteiger partial charge on any atom is 0.275 e. The van der Waals surface area contributed by atoms with Gasteiger partial charge in [0, 0.05) is 48.9 Å². The number of amides is 2. The topological polar surface area (TPSA) is 84.7 Å². The van der Waals surface area contributed by atoms with Gasteiger partial charge in [0.15, 0.2) is 0 Å². The van der Waals surface area contributed by atoms with Crippen LogP contribution in [0.25, 0.3) is 11.1 Å². The fourth-order valence-electron chi connectivity index (χ4n) is 4.61. The molecule has 2 amide bonds. The number of anilines is 1. The minimum atomic E-state index is -0.251. The lowest BCUT2D eigenvalue weighted by molar-refractivity contribution is -0.132. The lowest BCUT2D eigenvalue weighted by Crippen LogP contribution is -2.38. The summed E-state index contributed by atoms with van der Waals surface area (Å²) in [6.07, 6.45) is 4.39. The zero-order chi connectivity index (χ0) is 25.6. The smallest absolute Gasteiger partial charge is 0.275 e. The van der Waals surface area contributed by atoms with Crippen molar-refractivity contribution in [1.29, 1.82) is 0 Å². The molecular weight excluding hydrogens is 486 g/mol. The summed E-state index contributed by atoms with van der Waals surface area (Å²) in [4.78, 5) is 32.3. The third-order valence-corrected chi connectivity index (χ3v) is 7.68. The monoisotopic (exact) mass is 515 g/mol. The van der Waals surface area contributed by atoms with E-state index in [4.69, 9.17) is 9.15 Å². The number of piperidine rings is 1. The molecule has 0 radical (unpaired) electrons. The van der Waals surface area contributed by atoms with Gasteiger partial charge in [-0.15, -0.1) is 11.3 Å². The molecule has 1 saturated heterocycles. The number of hydrogen-bond acceptors (Lipinski definition) is 6. The van der Waals surface area contributed by atoms with Crippen molar-refractivity contribution in [2.24, 2.45) is 0 Å². The van der Waals surface area contributed by atoms with Gasteiger partial charge >= 0.3 is 0 Å². The van der Waals surface area contributed by atoms with Crippen molar-refractivity contribution in [3.63, 3.8) is 0 Å². The number of nitrogens with zero attached hydrogens (tertiary/aromatic N) is 2. The van der Waals surface area contributed by atoms with Crippen molar-refractivity contribution < 1.29 is 18.7 Å². The van der Waals surface area contributed by atoms with Crippen LogP contribution in [0.3, 0.4) is 0 Å². The maximum absolute atomic E-state index is 13.1. The van der Waals surface area contributed by atoms with Crippen LogP contribution in [0.2, 0.25) is 0 Å². The van der Waals surface area contributed by atoms with E-state index in [1.54, 1.807) is 13.4 Å². The van der Waals surface area contributed by atoms with Crippen molar-refractivity contribution in [1.82, 2.24) is 9.88 Å². The van der Waals surface area contributed by atoms with Crippen molar-refractivity contribution >= 4 is 28.8 Å². The molecule has 2 aromatic heterocycles. The van der Waals surface area contributed by atoms with Crippen molar-refractivity contribution in [3.05, 3.63) is 88.8 Å². The van der Waals surface area contributed by atoms with E-state index in [2.05, 4.69) is 10.3 Å². The lowest BCUT2D eigenvalue weighted by atomic mass is 9.97. The second kappa shape index (κ2) is 11.4. The van der Waals surface area contributed by atoms with Gasteiger partial charge in [0.2, 0.25) is 5.91 Å². The van der Waals surface area contributed by atoms with E-state index >= 15 is 0 Å². The molecule has 5 rings (SSSR count). The SMILES string of the molecule is COc1ccc(-c2ccccc2)c(NC(=O)c2csc(C3CCN(C(=O)CCc4ccco4)CC3)n2)c1. The number of carbonyl (C=O) groups is 2. The normalized spacial score (nSPS) is 13.9. The second-order valence-corrected chi connectivity index (χ2v) is 9.93. The molecule has 1 fully saturated rings. The van der Waals surface area contributed by atoms with Gasteiger partial charge in [0.1, 0.15) is 17.2 Å². The van der Waals surface area contributed by atoms with E-state index in [1.165, 1.54) is 11.3 Å². The molecule has 0 aliphatic carbocycles. The Hall–Kier alpha value is -3.91. The number of carbonyl (C=O) groups excluding carboxylic acids is 2. The minimum Gasteiger partial charge on any atom is -0.497 e. The van der Waals surface area contributed by atoms with Crippen LogP contribution >= 0.6 is 11.3 Å². The molecule has 2 aromatic carbocycles. The molecule has 0 unspecified atom stereocenters. The number of furan rings is 1. The number of benzene rings is 2. The van der Waals surface area contributed by atoms with E-state index in [9.17, 15) is 9.59 Å². The van der Waals surface area contributed by atoms with Gasteiger partial charge in [-0.1, -0.05) is 30.3 Å². The van der Waals surface area contributed by atoms with Crippen LogP contribution in [0, 0.1) is 0 Å². The third kappa shape index (κ3) is 5.91. The number of aromatic nitrogens is 1. The molecule has 1 aliphatic rings. The Balaban J connectivity index is 1.21. The largest absolute Gasteiger partial charge is 0.497 e. The van der Waals surface area contributed by atoms with Crippen LogP contribution in [0.15, 0.2) is 76.7 Å². The molecule has 37 heavy (non-hydrogen) atoms. The van der Waals surface area contributed by atoms with E-state index in [0.29, 0.717) is 43.1 Å². The number of likely N-dealkylation sites (tertiary alicyclic amines) is 1. The molecule has 190 valence electrons. The average Bonchev–Trinajstić information content (AvgIpc) is 3.65. The predicted molar refractivity (Wildman–Crippen MR) is 144 cm³/mol. The lowest BCUT2D eigenvalue weighted by Gasteiger charge is -2.31. The van der Waals surface area contributed by atoms with Crippen molar-refractivity contribution in [2.45, 2.75) is 31.6 Å². The highest BCUT2D eigenvalue weighted by molar-refractivity contribution is 7.10. The number of aryl methyl sites for hydroxylation is 1. The highest BCUT2D eigenvalue weighted by Crippen LogP contribution is 2.33. The molecule has 1 N–H and O–H groups in total. The Bertz CT molecular complexity index is 1340. The molecular formula is C29H29N3O4S. The molecule has 0 atom stereocenters. The molecule has 8 heteroatoms. The van der Waals surface area contributed by atoms with Crippen molar-refractivity contribution in [2.75, 3.05) is 25.5 Å². The summed E-state index contributed by atoms with van der Waals surface area (Å²) >= 11 is 1.51. The van der Waals surface area contributed by atoms with Crippen LogP contribution in [-0.2, 0) is 11.2 Å². The summed E-state index contributed by atoms with van der Waals surface area (Å²) in [5, 5.41) is 5.79. The van der Waals surface area contributed by atoms with Gasteiger partial charge < -0.3 is 19.4 Å². The first-order valence-corrected chi connectivity index (χ1v) is 13.3. The van der Waals surface area contributed by atoms with Crippen molar-refractivity contribution in [3.8, 4) is 16.9 Å². The van der Waals surface area contributed by atoms with Gasteiger partial charge in [-0.2, -0.15) is 0 Å². The van der Waals surface area contributed by atoms with Crippen LogP contribution in [-0.4, -0.2) is 41.9 Å². The summed E-state index contributed by atoms with van der Waals surface area (Å²) in [5.41, 5.74) is 2.99. The van der Waals surface area contributed by atoms with Gasteiger partial charge in [-0.05, 0) is 42.7 Å². The summed E-state index contributed by atoms with van der Waals surface area (Å²) in [7, 11) is 1.60. The zero-order valence-electron chi connectivity index (χ0n) is 20.7. The quantitative estimate of drug-likeness (QED) is 0.311. The Morgan fingerprint density at radius 1 is 1.11 bits per heavy atom. The fraction of sp³-hybridized carbons (Fsp3) is 0.276. The number of thiazole rings is 1. The summed E-state index contributed by atoms with van der Waals surface area (Å²) < 4.78 is 10.7. The molecule has 0 saturated carbocycles. The summed E-state index contributed by atoms with van der Waals surface area (Å²) in [5.74, 6) is 1.65. The number of methoxy groups -OCH3 is 1. The van der Waals surface area contributed by atoms with Crippen LogP contribution in [0.1, 0.15) is 46.4 Å². The summed E-state index contributed by atoms with van der Waals surface area (Å²) in [6, 6.07) is 19.3. The van der Waals surface area contributed by atoms with Gasteiger partial charge in [0.05, 0.1) is 24.1 Å². The number of ether oxygens (including phenoxy) is 1. The van der Waals surface area contributed by atoms with Gasteiger partial charge in [-0.25, -0.2) is 4.98 Å². The molecule has 7 nitrogen and oxygen atoms in total. The van der Waals surface area contributed by atoms with Gasteiger partial charge in [-0.3, -0.25) is 9.59 Å². The predicted octanol–water partition coefficient (Wildman–Crippen LogP) is 6.00. The highest BCUT2D eigenvalue weighted by Gasteiger charge is 2.26. The standard InChI is InChI=1S/C29H29N3O4S/c1-35-23-9-11-24(20-6-3-2-4-7-20)25(18-23)30-28(34)26-19-37-29(31-26)21-13-15-32(16-14-21)27(33)12-10-22-8-5-17-36-22/h2-9,11,17-19,21H,10,12-16H2,1H3,(H,30,34). The maximum atomic E-state index is 13.1. The van der Waals surface area contributed by atoms with E-state index in [0.717, 1.165) is 34.7 Å². The molecule has 1 aliphatic heterocycles. The Morgan fingerprint density at radius 3 is 2.65 bits per heavy atom. The highest BCUT2D eigenvalue weighted by atomic mass is 32.1. The fourth-order valence-corrected chi connectivity index (χ4v) is 5.58. The van der Waals surface area contributed by atoms with E-state index < -0.39 is 0 Å². The van der Waals surface area contributed by atoms with Gasteiger partial charge in [0.25, 0.3) is 5.91 Å². The zero-order valence-corrected chi connectivity index (χ0v) is 21.5. The summed E-state index contributed by atoms with van der Waals surface area (Å²) in [6.45, 7) is 1.40. The van der Waals surface area contributed by atoms with E-state index in [-0.39, 0.29) is 17.7 Å². The number of hydrogen-bond donors (Lipinski definition) is 1. The molecule has 3 heterocycles. The molecule has 0 spiro atoms. The van der Waals surface area contributed by atoms with Crippen LogP contribution < -0.4 is 10.1 Å². The van der Waals surface area contributed by atoms with Crippen LogP contribution in [0.5, 0.6) is 5.75 Å². The number of rotatable bonds is 8. The van der Waals surface area contributed by atoms with Crippen LogP contribution in [0.4, 0.5) is 5.69 Å². The Morgan fingerprint density at radius 2 is 1.92 bits per heavy atom. The minimum absolute atomic E-state index is 0.154. The third-order valence-electron chi connectivity index (χ3n) is 6.68. The number of nitrogens with one attached hydrogen (secondary N) is 1. The average molecular weight is 516 g/mol. The Kier molecular flexibility index (Phi) is 7.65. The Labute approximate surface area is 220 Å².